The van der Waals surface area contributed by atoms with Gasteiger partial charge in [-0.05, 0) is 73.9 Å². The number of rotatable bonds is 15. The van der Waals surface area contributed by atoms with E-state index in [0.29, 0.717) is 5.92 Å². The van der Waals surface area contributed by atoms with Gasteiger partial charge in [0.05, 0.1) is 0 Å². The van der Waals surface area contributed by atoms with Crippen LogP contribution in [-0.2, 0) is 6.42 Å². The maximum absolute atomic E-state index is 5.91. The predicted octanol–water partition coefficient (Wildman–Crippen LogP) is 5.47. The van der Waals surface area contributed by atoms with Crippen molar-refractivity contribution in [1.29, 1.82) is 0 Å². The molecule has 1 atom stereocenters. The molecule has 0 fully saturated rings. The maximum atomic E-state index is 5.91. The van der Waals surface area contributed by atoms with E-state index < -0.39 is 0 Å². The first kappa shape index (κ1) is 25.2. The fraction of sp³-hybridized carbons (Fsp3) is 0.556. The van der Waals surface area contributed by atoms with Gasteiger partial charge >= 0.3 is 0 Å². The van der Waals surface area contributed by atoms with Gasteiger partial charge in [-0.1, -0.05) is 58.9 Å². The quantitative estimate of drug-likeness (QED) is 0.377. The van der Waals surface area contributed by atoms with Gasteiger partial charge in [-0.2, -0.15) is 0 Å². The average molecular weight is 427 g/mol. The Hall–Kier alpha value is -2.04. The predicted molar refractivity (Wildman–Crippen MR) is 132 cm³/mol. The largest absolute Gasteiger partial charge is 0.492 e. The third kappa shape index (κ3) is 8.92. The van der Waals surface area contributed by atoms with Gasteiger partial charge in [0.2, 0.25) is 0 Å². The molecule has 1 unspecified atom stereocenters. The van der Waals surface area contributed by atoms with E-state index in [9.17, 15) is 0 Å². The molecule has 31 heavy (non-hydrogen) atoms. The number of ether oxygens (including phenoxy) is 2. The summed E-state index contributed by atoms with van der Waals surface area (Å²) in [6.45, 7) is 18.7. The van der Waals surface area contributed by atoms with Crippen molar-refractivity contribution in [3.05, 3.63) is 59.7 Å². The molecule has 0 aliphatic rings. The molecule has 2 aromatic rings. The van der Waals surface area contributed by atoms with Gasteiger partial charge in [-0.25, -0.2) is 0 Å². The zero-order chi connectivity index (χ0) is 22.5. The lowest BCUT2D eigenvalue weighted by Gasteiger charge is -2.18. The van der Waals surface area contributed by atoms with E-state index in [4.69, 9.17) is 9.47 Å². The van der Waals surface area contributed by atoms with Gasteiger partial charge < -0.3 is 19.3 Å². The van der Waals surface area contributed by atoms with Crippen molar-refractivity contribution in [1.82, 2.24) is 9.80 Å². The Morgan fingerprint density at radius 3 is 1.48 bits per heavy atom. The molecule has 2 rings (SSSR count). The normalized spacial score (nSPS) is 12.4. The third-order valence-electron chi connectivity index (χ3n) is 6.06. The lowest BCUT2D eigenvalue weighted by molar-refractivity contribution is 0.222. The Balaban J connectivity index is 1.78. The highest BCUT2D eigenvalue weighted by atomic mass is 16.5. The van der Waals surface area contributed by atoms with Crippen molar-refractivity contribution in [2.45, 2.75) is 47.0 Å². The molecule has 172 valence electrons. The molecule has 0 bridgehead atoms. The van der Waals surface area contributed by atoms with Crippen LogP contribution in [-0.4, -0.2) is 62.3 Å². The van der Waals surface area contributed by atoms with Crippen LogP contribution in [0.5, 0.6) is 11.5 Å². The molecule has 0 aliphatic heterocycles. The minimum atomic E-state index is 0.458. The van der Waals surface area contributed by atoms with E-state index >= 15 is 0 Å². The molecule has 0 aliphatic carbocycles. The molecule has 0 saturated carbocycles. The second-order valence-corrected chi connectivity index (χ2v) is 8.07. The Bertz CT molecular complexity index is 707. The van der Waals surface area contributed by atoms with Crippen molar-refractivity contribution >= 4 is 0 Å². The first-order valence-corrected chi connectivity index (χ1v) is 12.0. The summed E-state index contributed by atoms with van der Waals surface area (Å²) in [6.07, 6.45) is 1.02. The van der Waals surface area contributed by atoms with Gasteiger partial charge in [0, 0.05) is 13.1 Å². The first-order chi connectivity index (χ1) is 15.1. The summed E-state index contributed by atoms with van der Waals surface area (Å²) in [6, 6.07) is 17.2. The highest BCUT2D eigenvalue weighted by molar-refractivity contribution is 5.32. The van der Waals surface area contributed by atoms with E-state index in [-0.39, 0.29) is 0 Å². The second kappa shape index (κ2) is 14.1. The minimum Gasteiger partial charge on any atom is -0.492 e. The monoisotopic (exact) mass is 426 g/mol. The van der Waals surface area contributed by atoms with Crippen LogP contribution in [0.3, 0.4) is 0 Å². The number of benzene rings is 2. The van der Waals surface area contributed by atoms with Gasteiger partial charge in [0.25, 0.3) is 0 Å². The highest BCUT2D eigenvalue weighted by Crippen LogP contribution is 2.24. The summed E-state index contributed by atoms with van der Waals surface area (Å²) >= 11 is 0. The van der Waals surface area contributed by atoms with Gasteiger partial charge in [-0.15, -0.1) is 0 Å². The number of likely N-dealkylation sites (N-methyl/N-ethyl adjacent to an activating group) is 2. The molecule has 0 spiro atoms. The van der Waals surface area contributed by atoms with E-state index in [1.54, 1.807) is 0 Å². The van der Waals surface area contributed by atoms with Crippen molar-refractivity contribution in [2.24, 2.45) is 0 Å². The molecule has 0 saturated heterocycles. The Morgan fingerprint density at radius 1 is 0.645 bits per heavy atom. The van der Waals surface area contributed by atoms with Crippen LogP contribution in [0, 0.1) is 0 Å². The Morgan fingerprint density at radius 2 is 1.06 bits per heavy atom. The van der Waals surface area contributed by atoms with E-state index in [1.165, 1.54) is 11.1 Å². The number of hydrogen-bond donors (Lipinski definition) is 0. The van der Waals surface area contributed by atoms with E-state index in [2.05, 4.69) is 92.9 Å². The number of hydrogen-bond acceptors (Lipinski definition) is 4. The van der Waals surface area contributed by atoms with Gasteiger partial charge in [0.1, 0.15) is 24.7 Å². The van der Waals surface area contributed by atoms with Crippen molar-refractivity contribution in [3.8, 4) is 11.5 Å². The molecular formula is C27H42N2O2. The van der Waals surface area contributed by atoms with E-state index in [1.807, 2.05) is 0 Å². The van der Waals surface area contributed by atoms with Crippen molar-refractivity contribution in [2.75, 3.05) is 52.5 Å². The van der Waals surface area contributed by atoms with Crippen LogP contribution < -0.4 is 9.47 Å². The average Bonchev–Trinajstić information content (AvgIpc) is 2.81. The zero-order valence-corrected chi connectivity index (χ0v) is 20.3. The van der Waals surface area contributed by atoms with Crippen molar-refractivity contribution < 1.29 is 9.47 Å². The summed E-state index contributed by atoms with van der Waals surface area (Å²) in [5.41, 5.74) is 2.68. The van der Waals surface area contributed by atoms with Crippen molar-refractivity contribution in [3.63, 3.8) is 0 Å². The molecule has 0 aromatic heterocycles. The molecule has 4 heteroatoms. The number of nitrogens with zero attached hydrogens (tertiary/aromatic N) is 2. The van der Waals surface area contributed by atoms with E-state index in [0.717, 1.165) is 70.4 Å². The first-order valence-electron chi connectivity index (χ1n) is 12.0. The fourth-order valence-corrected chi connectivity index (χ4v) is 3.75. The SMILES string of the molecule is CCN(CC)CCOc1ccc(CC(C)c2ccc(OCCN(CC)CC)cc2)cc1. The Labute approximate surface area is 190 Å². The molecule has 2 aromatic carbocycles. The highest BCUT2D eigenvalue weighted by Gasteiger charge is 2.08. The van der Waals surface area contributed by atoms with Crippen LogP contribution >= 0.6 is 0 Å². The lowest BCUT2D eigenvalue weighted by Crippen LogP contribution is -2.27. The summed E-state index contributed by atoms with van der Waals surface area (Å²) in [7, 11) is 0. The zero-order valence-electron chi connectivity index (χ0n) is 20.3. The smallest absolute Gasteiger partial charge is 0.119 e. The summed E-state index contributed by atoms with van der Waals surface area (Å²) in [4.78, 5) is 4.75. The summed E-state index contributed by atoms with van der Waals surface area (Å²) in [5, 5.41) is 0. The molecule has 4 nitrogen and oxygen atoms in total. The van der Waals surface area contributed by atoms with Crippen LogP contribution in [0.4, 0.5) is 0 Å². The fourth-order valence-electron chi connectivity index (χ4n) is 3.75. The standard InChI is InChI=1S/C27H42N2O2/c1-6-28(7-2)18-20-30-26-14-10-24(11-15-26)22-23(5)25-12-16-27(17-13-25)31-21-19-29(8-3)9-4/h10-17,23H,6-9,18-22H2,1-5H3. The second-order valence-electron chi connectivity index (χ2n) is 8.07. The van der Waals surface area contributed by atoms with Crippen LogP contribution in [0.15, 0.2) is 48.5 Å². The molecule has 0 amide bonds. The topological polar surface area (TPSA) is 24.9 Å². The molecular weight excluding hydrogens is 384 g/mol. The maximum Gasteiger partial charge on any atom is 0.119 e. The van der Waals surface area contributed by atoms with Gasteiger partial charge in [-0.3, -0.25) is 0 Å². The van der Waals surface area contributed by atoms with Crippen LogP contribution in [0.1, 0.15) is 51.7 Å². The molecule has 0 radical (unpaired) electrons. The van der Waals surface area contributed by atoms with Gasteiger partial charge in [0.15, 0.2) is 0 Å². The summed E-state index contributed by atoms with van der Waals surface area (Å²) in [5.74, 6) is 2.36. The lowest BCUT2D eigenvalue weighted by atomic mass is 9.94. The summed E-state index contributed by atoms with van der Waals surface area (Å²) < 4.78 is 11.8. The Kier molecular flexibility index (Phi) is 11.5. The van der Waals surface area contributed by atoms with Crippen LogP contribution in [0.2, 0.25) is 0 Å². The molecule has 0 N–H and O–H groups in total. The van der Waals surface area contributed by atoms with Crippen LogP contribution in [0.25, 0.3) is 0 Å². The minimum absolute atomic E-state index is 0.458. The molecule has 0 heterocycles. The third-order valence-corrected chi connectivity index (χ3v) is 6.06.